The van der Waals surface area contributed by atoms with Crippen LogP contribution in [0.5, 0.6) is 0 Å². The van der Waals surface area contributed by atoms with E-state index in [1.54, 1.807) is 22.7 Å². The van der Waals surface area contributed by atoms with Crippen molar-refractivity contribution in [1.82, 2.24) is 15.2 Å². The summed E-state index contributed by atoms with van der Waals surface area (Å²) in [7, 11) is 2.04. The average Bonchev–Trinajstić information content (AvgIpc) is 3.10. The molecule has 0 radical (unpaired) electrons. The highest BCUT2D eigenvalue weighted by Crippen LogP contribution is 2.27. The summed E-state index contributed by atoms with van der Waals surface area (Å²) in [4.78, 5) is 7.28. The maximum atomic E-state index is 4.76. The van der Waals surface area contributed by atoms with E-state index in [4.69, 9.17) is 4.98 Å². The van der Waals surface area contributed by atoms with Crippen molar-refractivity contribution >= 4 is 22.7 Å². The van der Waals surface area contributed by atoms with Crippen molar-refractivity contribution in [2.75, 3.05) is 26.7 Å². The van der Waals surface area contributed by atoms with Crippen LogP contribution in [0.3, 0.4) is 0 Å². The fraction of sp³-hybridized carbons (Fsp3) is 0.500. The number of likely N-dealkylation sites (tertiary alicyclic amines) is 1. The molecule has 1 aliphatic rings. The lowest BCUT2D eigenvalue weighted by Gasteiger charge is -2.14. The largest absolute Gasteiger partial charge is 0.319 e. The Bertz CT molecular complexity index is 507. The van der Waals surface area contributed by atoms with Gasteiger partial charge in [-0.1, -0.05) is 0 Å². The topological polar surface area (TPSA) is 28.2 Å². The van der Waals surface area contributed by atoms with Gasteiger partial charge in [0.05, 0.1) is 5.69 Å². The molecule has 0 aliphatic carbocycles. The van der Waals surface area contributed by atoms with Crippen LogP contribution >= 0.6 is 22.7 Å². The van der Waals surface area contributed by atoms with E-state index in [1.807, 2.05) is 7.05 Å². The zero-order valence-corrected chi connectivity index (χ0v) is 12.8. The summed E-state index contributed by atoms with van der Waals surface area (Å²) in [5.41, 5.74) is 2.48. The summed E-state index contributed by atoms with van der Waals surface area (Å²) in [5.74, 6) is 0.806. The van der Waals surface area contributed by atoms with Crippen LogP contribution in [0.15, 0.2) is 22.2 Å². The van der Waals surface area contributed by atoms with Gasteiger partial charge >= 0.3 is 0 Å². The van der Waals surface area contributed by atoms with Crippen LogP contribution in [0.25, 0.3) is 10.6 Å². The van der Waals surface area contributed by atoms with E-state index in [0.29, 0.717) is 0 Å². The minimum absolute atomic E-state index is 0.806. The minimum atomic E-state index is 0.806. The Kier molecular flexibility index (Phi) is 4.28. The summed E-state index contributed by atoms with van der Waals surface area (Å²) in [6.45, 7) is 4.54. The molecule has 2 aromatic rings. The molecule has 0 amide bonds. The lowest BCUT2D eigenvalue weighted by Crippen LogP contribution is -2.24. The SMILES string of the molecule is CNCC1CCN(Cc2csc(-c3ccsc3)n2)C1. The molecule has 1 unspecified atom stereocenters. The van der Waals surface area contributed by atoms with Gasteiger partial charge in [0.15, 0.2) is 0 Å². The Morgan fingerprint density at radius 1 is 1.47 bits per heavy atom. The first-order valence-electron chi connectivity index (χ1n) is 6.69. The Labute approximate surface area is 122 Å². The Balaban J connectivity index is 1.59. The summed E-state index contributed by atoms with van der Waals surface area (Å²) in [6, 6.07) is 2.14. The van der Waals surface area contributed by atoms with E-state index < -0.39 is 0 Å². The molecular weight excluding hydrogens is 274 g/mol. The number of nitrogens with one attached hydrogen (secondary N) is 1. The smallest absolute Gasteiger partial charge is 0.124 e. The van der Waals surface area contributed by atoms with Crippen molar-refractivity contribution in [2.24, 2.45) is 5.92 Å². The molecule has 0 saturated carbocycles. The molecule has 2 aromatic heterocycles. The predicted molar refractivity (Wildman–Crippen MR) is 82.7 cm³/mol. The third-order valence-corrected chi connectivity index (χ3v) is 5.19. The van der Waals surface area contributed by atoms with E-state index >= 15 is 0 Å². The maximum absolute atomic E-state index is 4.76. The van der Waals surface area contributed by atoms with Crippen LogP contribution in [-0.2, 0) is 6.54 Å². The summed E-state index contributed by atoms with van der Waals surface area (Å²) >= 11 is 3.49. The van der Waals surface area contributed by atoms with Crippen molar-refractivity contribution in [3.8, 4) is 10.6 Å². The second-order valence-corrected chi connectivity index (χ2v) is 6.74. The molecule has 0 aromatic carbocycles. The summed E-state index contributed by atoms with van der Waals surface area (Å²) < 4.78 is 0. The highest BCUT2D eigenvalue weighted by molar-refractivity contribution is 7.14. The highest BCUT2D eigenvalue weighted by atomic mass is 32.1. The van der Waals surface area contributed by atoms with Gasteiger partial charge in [-0.25, -0.2) is 4.98 Å². The molecular formula is C14H19N3S2. The maximum Gasteiger partial charge on any atom is 0.124 e. The predicted octanol–water partition coefficient (Wildman–Crippen LogP) is 2.91. The first-order chi connectivity index (χ1) is 9.35. The lowest BCUT2D eigenvalue weighted by atomic mass is 10.1. The molecule has 1 aliphatic heterocycles. The first-order valence-corrected chi connectivity index (χ1v) is 8.51. The minimum Gasteiger partial charge on any atom is -0.319 e. The Morgan fingerprint density at radius 2 is 2.42 bits per heavy atom. The molecule has 3 rings (SSSR count). The van der Waals surface area contributed by atoms with Crippen LogP contribution < -0.4 is 5.32 Å². The quantitative estimate of drug-likeness (QED) is 0.919. The second-order valence-electron chi connectivity index (χ2n) is 5.10. The Morgan fingerprint density at radius 3 is 3.21 bits per heavy atom. The van der Waals surface area contributed by atoms with E-state index in [9.17, 15) is 0 Å². The molecule has 102 valence electrons. The molecule has 1 fully saturated rings. The van der Waals surface area contributed by atoms with E-state index in [2.05, 4.69) is 32.4 Å². The van der Waals surface area contributed by atoms with E-state index in [-0.39, 0.29) is 0 Å². The van der Waals surface area contributed by atoms with Crippen LogP contribution in [-0.4, -0.2) is 36.6 Å². The first kappa shape index (κ1) is 13.2. The number of thiophene rings is 1. The second kappa shape index (κ2) is 6.13. The third kappa shape index (κ3) is 3.23. The number of hydrogen-bond acceptors (Lipinski definition) is 5. The molecule has 1 saturated heterocycles. The highest BCUT2D eigenvalue weighted by Gasteiger charge is 2.22. The number of aromatic nitrogens is 1. The lowest BCUT2D eigenvalue weighted by molar-refractivity contribution is 0.312. The van der Waals surface area contributed by atoms with Gasteiger partial charge in [0.1, 0.15) is 5.01 Å². The van der Waals surface area contributed by atoms with Gasteiger partial charge < -0.3 is 5.32 Å². The summed E-state index contributed by atoms with van der Waals surface area (Å²) in [6.07, 6.45) is 1.31. The van der Waals surface area contributed by atoms with Crippen molar-refractivity contribution in [2.45, 2.75) is 13.0 Å². The van der Waals surface area contributed by atoms with Crippen LogP contribution in [0, 0.1) is 5.92 Å². The van der Waals surface area contributed by atoms with Crippen LogP contribution in [0.4, 0.5) is 0 Å². The van der Waals surface area contributed by atoms with E-state index in [1.165, 1.54) is 30.8 Å². The normalized spacial score (nSPS) is 20.2. The van der Waals surface area contributed by atoms with E-state index in [0.717, 1.165) is 24.0 Å². The van der Waals surface area contributed by atoms with Crippen LogP contribution in [0.2, 0.25) is 0 Å². The molecule has 0 bridgehead atoms. The molecule has 1 N–H and O–H groups in total. The standard InChI is InChI=1S/C14H19N3S2/c1-15-6-11-2-4-17(7-11)8-13-10-19-14(16-13)12-3-5-18-9-12/h3,5,9-11,15H,2,4,6-8H2,1H3. The van der Waals surface area contributed by atoms with Crippen molar-refractivity contribution in [1.29, 1.82) is 0 Å². The molecule has 3 heterocycles. The fourth-order valence-electron chi connectivity index (χ4n) is 2.64. The molecule has 19 heavy (non-hydrogen) atoms. The Hall–Kier alpha value is -0.750. The molecule has 3 nitrogen and oxygen atoms in total. The zero-order valence-electron chi connectivity index (χ0n) is 11.1. The monoisotopic (exact) mass is 293 g/mol. The summed E-state index contributed by atoms with van der Waals surface area (Å²) in [5, 5.41) is 10.9. The van der Waals surface area contributed by atoms with Gasteiger partial charge in [0, 0.05) is 29.4 Å². The van der Waals surface area contributed by atoms with Gasteiger partial charge in [-0.05, 0) is 43.9 Å². The third-order valence-electron chi connectivity index (χ3n) is 3.57. The van der Waals surface area contributed by atoms with Crippen molar-refractivity contribution in [3.63, 3.8) is 0 Å². The molecule has 1 atom stereocenters. The number of hydrogen-bond donors (Lipinski definition) is 1. The average molecular weight is 293 g/mol. The van der Waals surface area contributed by atoms with Crippen LogP contribution in [0.1, 0.15) is 12.1 Å². The van der Waals surface area contributed by atoms with Crippen molar-refractivity contribution in [3.05, 3.63) is 27.9 Å². The van der Waals surface area contributed by atoms with Gasteiger partial charge in [-0.2, -0.15) is 11.3 Å². The van der Waals surface area contributed by atoms with Crippen molar-refractivity contribution < 1.29 is 0 Å². The number of nitrogens with zero attached hydrogens (tertiary/aromatic N) is 2. The molecule has 5 heteroatoms. The zero-order chi connectivity index (χ0) is 13.1. The molecule has 0 spiro atoms. The fourth-order valence-corrected chi connectivity index (χ4v) is 4.16. The van der Waals surface area contributed by atoms with Gasteiger partial charge in [-0.15, -0.1) is 11.3 Å². The van der Waals surface area contributed by atoms with Gasteiger partial charge in [-0.3, -0.25) is 4.90 Å². The van der Waals surface area contributed by atoms with Gasteiger partial charge in [0.2, 0.25) is 0 Å². The number of thiazole rings is 1. The van der Waals surface area contributed by atoms with Gasteiger partial charge in [0.25, 0.3) is 0 Å². The number of rotatable bonds is 5.